The largest absolute Gasteiger partial charge is 0.360 e. The van der Waals surface area contributed by atoms with Gasteiger partial charge < -0.3 is 10.3 Å². The van der Waals surface area contributed by atoms with Gasteiger partial charge in [0, 0.05) is 33.7 Å². The molecule has 1 heterocycles. The summed E-state index contributed by atoms with van der Waals surface area (Å²) in [6.45, 7) is 0.260. The highest BCUT2D eigenvalue weighted by Gasteiger charge is 2.19. The number of carbonyl (C=O) groups is 2. The third-order valence-corrected chi connectivity index (χ3v) is 3.95. The molecule has 0 aliphatic heterocycles. The summed E-state index contributed by atoms with van der Waals surface area (Å²) in [7, 11) is 0. The van der Waals surface area contributed by atoms with Gasteiger partial charge in [-0.2, -0.15) is 0 Å². The minimum absolute atomic E-state index is 0.260. The maximum Gasteiger partial charge on any atom is 0.292 e. The Bertz CT molecular complexity index is 885. The zero-order valence-corrected chi connectivity index (χ0v) is 13.4. The number of amides is 1. The number of halogens is 2. The van der Waals surface area contributed by atoms with Gasteiger partial charge in [0.2, 0.25) is 0 Å². The predicted octanol–water partition coefficient (Wildman–Crippen LogP) is 3.97. The van der Waals surface area contributed by atoms with Crippen LogP contribution < -0.4 is 5.32 Å². The summed E-state index contributed by atoms with van der Waals surface area (Å²) < 4.78 is 0. The molecule has 23 heavy (non-hydrogen) atoms. The van der Waals surface area contributed by atoms with Crippen LogP contribution in [0.15, 0.2) is 48.7 Å². The van der Waals surface area contributed by atoms with Crippen molar-refractivity contribution in [2.24, 2.45) is 0 Å². The summed E-state index contributed by atoms with van der Waals surface area (Å²) in [4.78, 5) is 27.3. The van der Waals surface area contributed by atoms with E-state index < -0.39 is 11.7 Å². The predicted molar refractivity (Wildman–Crippen MR) is 90.9 cm³/mol. The minimum atomic E-state index is -0.657. The van der Waals surface area contributed by atoms with E-state index in [1.54, 1.807) is 42.5 Å². The zero-order chi connectivity index (χ0) is 16.4. The van der Waals surface area contributed by atoms with Gasteiger partial charge in [-0.15, -0.1) is 0 Å². The van der Waals surface area contributed by atoms with Crippen molar-refractivity contribution in [2.75, 3.05) is 0 Å². The van der Waals surface area contributed by atoms with Gasteiger partial charge in [-0.1, -0.05) is 41.4 Å². The number of ketones is 1. The van der Waals surface area contributed by atoms with E-state index in [2.05, 4.69) is 10.3 Å². The number of rotatable bonds is 4. The van der Waals surface area contributed by atoms with Crippen LogP contribution in [0.4, 0.5) is 0 Å². The molecule has 2 N–H and O–H groups in total. The van der Waals surface area contributed by atoms with Crippen LogP contribution in [0, 0.1) is 0 Å². The van der Waals surface area contributed by atoms with Gasteiger partial charge in [0.1, 0.15) is 0 Å². The fourth-order valence-corrected chi connectivity index (χ4v) is 2.57. The van der Waals surface area contributed by atoms with Gasteiger partial charge in [-0.05, 0) is 29.8 Å². The third-order valence-electron chi connectivity index (χ3n) is 3.46. The Kier molecular flexibility index (Phi) is 4.37. The first-order valence-electron chi connectivity index (χ1n) is 6.88. The Morgan fingerprint density at radius 1 is 1.00 bits per heavy atom. The molecule has 1 aromatic heterocycles. The molecule has 1 amide bonds. The summed E-state index contributed by atoms with van der Waals surface area (Å²) in [6, 6.07) is 12.2. The van der Waals surface area contributed by atoms with Gasteiger partial charge in [0.15, 0.2) is 0 Å². The molecule has 0 fully saturated rings. The van der Waals surface area contributed by atoms with E-state index in [-0.39, 0.29) is 6.54 Å². The molecule has 0 spiro atoms. The fourth-order valence-electron chi connectivity index (χ4n) is 2.27. The molecule has 0 saturated heterocycles. The summed E-state index contributed by atoms with van der Waals surface area (Å²) in [5.74, 6) is -1.25. The lowest BCUT2D eigenvalue weighted by atomic mass is 10.1. The molecule has 4 nitrogen and oxygen atoms in total. The minimum Gasteiger partial charge on any atom is -0.360 e. The number of hydrogen-bond acceptors (Lipinski definition) is 2. The van der Waals surface area contributed by atoms with Crippen LogP contribution >= 0.6 is 23.2 Å². The standard InChI is InChI=1S/C17H12Cl2N2O2/c18-11-3-1-10(2-4-11)8-21-17(23)16(22)14-9-20-15-7-12(19)5-6-13(14)15/h1-7,9,20H,8H2,(H,21,23). The summed E-state index contributed by atoms with van der Waals surface area (Å²) in [6.07, 6.45) is 1.52. The quantitative estimate of drug-likeness (QED) is 0.554. The average Bonchev–Trinajstić information content (AvgIpc) is 2.96. The first kappa shape index (κ1) is 15.6. The van der Waals surface area contributed by atoms with Gasteiger partial charge in [-0.25, -0.2) is 0 Å². The molecule has 0 aliphatic carbocycles. The van der Waals surface area contributed by atoms with Crippen LogP contribution in [-0.2, 0) is 11.3 Å². The smallest absolute Gasteiger partial charge is 0.292 e. The topological polar surface area (TPSA) is 62.0 Å². The normalized spacial score (nSPS) is 10.7. The first-order chi connectivity index (χ1) is 11.0. The molecule has 2 aromatic carbocycles. The molecule has 3 rings (SSSR count). The molecule has 0 bridgehead atoms. The first-order valence-corrected chi connectivity index (χ1v) is 7.64. The van der Waals surface area contributed by atoms with E-state index in [1.807, 2.05) is 0 Å². The highest BCUT2D eigenvalue weighted by atomic mass is 35.5. The lowest BCUT2D eigenvalue weighted by Crippen LogP contribution is -2.30. The van der Waals surface area contributed by atoms with Crippen molar-refractivity contribution < 1.29 is 9.59 Å². The molecule has 0 radical (unpaired) electrons. The second-order valence-corrected chi connectivity index (χ2v) is 5.90. The maximum atomic E-state index is 12.3. The maximum absolute atomic E-state index is 12.3. The molecule has 0 aliphatic rings. The number of carbonyl (C=O) groups excluding carboxylic acids is 2. The van der Waals surface area contributed by atoms with Crippen LogP contribution in [-0.4, -0.2) is 16.7 Å². The summed E-state index contributed by atoms with van der Waals surface area (Å²) >= 11 is 11.7. The number of nitrogens with one attached hydrogen (secondary N) is 2. The van der Waals surface area contributed by atoms with Crippen LogP contribution in [0.1, 0.15) is 15.9 Å². The van der Waals surface area contributed by atoms with Crippen molar-refractivity contribution in [3.63, 3.8) is 0 Å². The van der Waals surface area contributed by atoms with Crippen LogP contribution in [0.5, 0.6) is 0 Å². The van der Waals surface area contributed by atoms with E-state index in [9.17, 15) is 9.59 Å². The van der Waals surface area contributed by atoms with E-state index in [1.165, 1.54) is 6.20 Å². The van der Waals surface area contributed by atoms with Gasteiger partial charge in [0.25, 0.3) is 11.7 Å². The van der Waals surface area contributed by atoms with Crippen LogP contribution in [0.25, 0.3) is 10.9 Å². The second kappa shape index (κ2) is 6.44. The number of benzene rings is 2. The van der Waals surface area contributed by atoms with E-state index in [0.717, 1.165) is 5.56 Å². The number of hydrogen-bond donors (Lipinski definition) is 2. The third kappa shape index (κ3) is 3.38. The zero-order valence-electron chi connectivity index (χ0n) is 11.9. The van der Waals surface area contributed by atoms with Crippen molar-refractivity contribution in [1.82, 2.24) is 10.3 Å². The van der Waals surface area contributed by atoms with Gasteiger partial charge in [0.05, 0.1) is 5.56 Å². The van der Waals surface area contributed by atoms with Crippen molar-refractivity contribution >= 4 is 45.8 Å². The summed E-state index contributed by atoms with van der Waals surface area (Å²) in [5, 5.41) is 4.46. The van der Waals surface area contributed by atoms with E-state index in [0.29, 0.717) is 26.5 Å². The van der Waals surface area contributed by atoms with Crippen molar-refractivity contribution in [3.8, 4) is 0 Å². The molecule has 6 heteroatoms. The van der Waals surface area contributed by atoms with Gasteiger partial charge in [-0.3, -0.25) is 9.59 Å². The number of aromatic amines is 1. The van der Waals surface area contributed by atoms with Crippen molar-refractivity contribution in [3.05, 3.63) is 69.8 Å². The molecule has 0 atom stereocenters. The monoisotopic (exact) mass is 346 g/mol. The molecular weight excluding hydrogens is 335 g/mol. The molecule has 0 unspecified atom stereocenters. The second-order valence-electron chi connectivity index (χ2n) is 5.03. The van der Waals surface area contributed by atoms with E-state index in [4.69, 9.17) is 23.2 Å². The lowest BCUT2D eigenvalue weighted by molar-refractivity contribution is -0.117. The SMILES string of the molecule is O=C(NCc1ccc(Cl)cc1)C(=O)c1c[nH]c2cc(Cl)ccc12. The Morgan fingerprint density at radius 3 is 2.43 bits per heavy atom. The Hall–Kier alpha value is -2.30. The Balaban J connectivity index is 1.73. The molecular formula is C17H12Cl2N2O2. The number of H-pyrrole nitrogens is 1. The molecule has 0 saturated carbocycles. The lowest BCUT2D eigenvalue weighted by Gasteiger charge is -2.04. The van der Waals surface area contributed by atoms with E-state index >= 15 is 0 Å². The van der Waals surface area contributed by atoms with Gasteiger partial charge >= 0.3 is 0 Å². The number of fused-ring (bicyclic) bond motifs is 1. The summed E-state index contributed by atoms with van der Waals surface area (Å²) in [5.41, 5.74) is 1.90. The highest BCUT2D eigenvalue weighted by Crippen LogP contribution is 2.22. The van der Waals surface area contributed by atoms with Crippen molar-refractivity contribution in [1.29, 1.82) is 0 Å². The van der Waals surface area contributed by atoms with Crippen molar-refractivity contribution in [2.45, 2.75) is 6.54 Å². The number of aromatic nitrogens is 1. The molecule has 3 aromatic rings. The van der Waals surface area contributed by atoms with Crippen LogP contribution in [0.2, 0.25) is 10.0 Å². The fraction of sp³-hybridized carbons (Fsp3) is 0.0588. The Morgan fingerprint density at radius 2 is 1.70 bits per heavy atom. The average molecular weight is 347 g/mol. The highest BCUT2D eigenvalue weighted by molar-refractivity contribution is 6.45. The Labute approximate surface area is 142 Å². The molecule has 116 valence electrons. The number of Topliss-reactive ketones (excluding diaryl/α,β-unsaturated/α-hetero) is 1. The van der Waals surface area contributed by atoms with Crippen LogP contribution in [0.3, 0.4) is 0 Å².